The first-order valence-corrected chi connectivity index (χ1v) is 5.35. The highest BCUT2D eigenvalue weighted by Gasteiger charge is 2.06. The summed E-state index contributed by atoms with van der Waals surface area (Å²) in [4.78, 5) is 4.25. The Morgan fingerprint density at radius 1 is 1.27 bits per heavy atom. The summed E-state index contributed by atoms with van der Waals surface area (Å²) in [5.74, 6) is -0.103. The largest absolute Gasteiger partial charge is 0.256 e. The molecule has 0 fully saturated rings. The molecule has 0 saturated heterocycles. The first kappa shape index (κ1) is 10.1. The van der Waals surface area contributed by atoms with Gasteiger partial charge in [0.2, 0.25) is 0 Å². The Balaban J connectivity index is 2.45. The van der Waals surface area contributed by atoms with Crippen molar-refractivity contribution in [3.05, 3.63) is 41.8 Å². The Bertz CT molecular complexity index is 465. The van der Waals surface area contributed by atoms with Gasteiger partial charge in [-0.25, -0.2) is 4.39 Å². The van der Waals surface area contributed by atoms with Crippen molar-refractivity contribution < 1.29 is 4.39 Å². The van der Waals surface area contributed by atoms with E-state index in [4.69, 9.17) is 0 Å². The summed E-state index contributed by atoms with van der Waals surface area (Å²) in [6.07, 6.45) is 4.52. The first-order valence-electron chi connectivity index (χ1n) is 5.35. The van der Waals surface area contributed by atoms with E-state index in [0.29, 0.717) is 5.39 Å². The average molecular weight is 203 g/mol. The molecule has 0 saturated carbocycles. The number of aromatic nitrogens is 1. The maximum absolute atomic E-state index is 14.0. The molecule has 0 amide bonds. The second kappa shape index (κ2) is 4.39. The number of nitrogens with zero attached hydrogens (tertiary/aromatic N) is 1. The molecule has 15 heavy (non-hydrogen) atoms. The molecule has 0 aliphatic heterocycles. The number of unbranched alkanes of at least 4 members (excludes halogenated alkanes) is 1. The molecule has 0 aliphatic carbocycles. The highest BCUT2D eigenvalue weighted by atomic mass is 19.1. The third-order valence-electron chi connectivity index (χ3n) is 2.58. The lowest BCUT2D eigenvalue weighted by molar-refractivity contribution is 0.612. The lowest BCUT2D eigenvalue weighted by Gasteiger charge is -2.04. The number of hydrogen-bond acceptors (Lipinski definition) is 1. The van der Waals surface area contributed by atoms with Crippen molar-refractivity contribution in [2.75, 3.05) is 0 Å². The van der Waals surface area contributed by atoms with Crippen LogP contribution in [0.25, 0.3) is 10.9 Å². The summed E-state index contributed by atoms with van der Waals surface area (Å²) in [7, 11) is 0. The molecule has 0 atom stereocenters. The second-order valence-electron chi connectivity index (χ2n) is 3.72. The molecular weight excluding hydrogens is 189 g/mol. The zero-order valence-electron chi connectivity index (χ0n) is 8.83. The van der Waals surface area contributed by atoms with Gasteiger partial charge in [-0.15, -0.1) is 0 Å². The summed E-state index contributed by atoms with van der Waals surface area (Å²) in [5.41, 5.74) is 1.46. The zero-order chi connectivity index (χ0) is 10.7. The Morgan fingerprint density at radius 3 is 2.87 bits per heavy atom. The van der Waals surface area contributed by atoms with E-state index in [1.54, 1.807) is 12.3 Å². The van der Waals surface area contributed by atoms with Gasteiger partial charge in [0.1, 0.15) is 5.82 Å². The molecule has 2 heteroatoms. The number of hydrogen-bond donors (Lipinski definition) is 0. The molecule has 2 rings (SSSR count). The van der Waals surface area contributed by atoms with Crippen LogP contribution >= 0.6 is 0 Å². The lowest BCUT2D eigenvalue weighted by Crippen LogP contribution is -1.94. The Labute approximate surface area is 89.0 Å². The summed E-state index contributed by atoms with van der Waals surface area (Å²) in [6, 6.07) is 7.34. The van der Waals surface area contributed by atoms with Gasteiger partial charge in [0.25, 0.3) is 0 Å². The number of fused-ring (bicyclic) bond motifs is 1. The van der Waals surface area contributed by atoms with Crippen LogP contribution in [-0.4, -0.2) is 4.98 Å². The van der Waals surface area contributed by atoms with Gasteiger partial charge in [-0.3, -0.25) is 4.98 Å². The summed E-state index contributed by atoms with van der Waals surface area (Å²) >= 11 is 0. The standard InChI is InChI=1S/C13H14FN/c1-2-3-6-10-9-15-12-8-5-4-7-11(12)13(10)14/h4-5,7-9H,2-3,6H2,1H3. The van der Waals surface area contributed by atoms with Gasteiger partial charge < -0.3 is 0 Å². The van der Waals surface area contributed by atoms with Crippen molar-refractivity contribution in [3.63, 3.8) is 0 Å². The molecular formula is C13H14FN. The van der Waals surface area contributed by atoms with Crippen molar-refractivity contribution in [2.45, 2.75) is 26.2 Å². The van der Waals surface area contributed by atoms with Gasteiger partial charge in [-0.1, -0.05) is 25.5 Å². The Morgan fingerprint density at radius 2 is 2.07 bits per heavy atom. The fourth-order valence-electron chi connectivity index (χ4n) is 1.69. The smallest absolute Gasteiger partial charge is 0.137 e. The van der Waals surface area contributed by atoms with Crippen LogP contribution in [0.2, 0.25) is 0 Å². The first-order chi connectivity index (χ1) is 7.33. The third kappa shape index (κ3) is 1.99. The molecule has 1 heterocycles. The molecule has 0 aliphatic rings. The number of aryl methyl sites for hydroxylation is 1. The van der Waals surface area contributed by atoms with Crippen LogP contribution in [0.5, 0.6) is 0 Å². The van der Waals surface area contributed by atoms with E-state index in [-0.39, 0.29) is 5.82 Å². The van der Waals surface area contributed by atoms with Crippen LogP contribution in [0.3, 0.4) is 0 Å². The molecule has 1 aromatic carbocycles. The van der Waals surface area contributed by atoms with Crippen molar-refractivity contribution in [1.82, 2.24) is 4.98 Å². The molecule has 0 N–H and O–H groups in total. The van der Waals surface area contributed by atoms with E-state index in [2.05, 4.69) is 11.9 Å². The molecule has 2 aromatic rings. The van der Waals surface area contributed by atoms with Crippen LogP contribution < -0.4 is 0 Å². The van der Waals surface area contributed by atoms with E-state index in [9.17, 15) is 4.39 Å². The monoisotopic (exact) mass is 203 g/mol. The van der Waals surface area contributed by atoms with Crippen LogP contribution in [-0.2, 0) is 6.42 Å². The normalized spacial score (nSPS) is 10.8. The molecule has 1 aromatic heterocycles. The SMILES string of the molecule is CCCCc1cnc2ccccc2c1F. The number of benzene rings is 1. The molecule has 78 valence electrons. The summed E-state index contributed by atoms with van der Waals surface area (Å²) in [6.45, 7) is 2.10. The van der Waals surface area contributed by atoms with E-state index in [0.717, 1.165) is 30.3 Å². The second-order valence-corrected chi connectivity index (χ2v) is 3.72. The number of rotatable bonds is 3. The minimum atomic E-state index is -0.103. The Kier molecular flexibility index (Phi) is 2.95. The minimum Gasteiger partial charge on any atom is -0.256 e. The molecule has 0 bridgehead atoms. The highest BCUT2D eigenvalue weighted by Crippen LogP contribution is 2.19. The predicted octanol–water partition coefficient (Wildman–Crippen LogP) is 3.72. The van der Waals surface area contributed by atoms with E-state index < -0.39 is 0 Å². The van der Waals surface area contributed by atoms with Crippen LogP contribution in [0.15, 0.2) is 30.5 Å². The predicted molar refractivity (Wildman–Crippen MR) is 60.3 cm³/mol. The molecule has 0 unspecified atom stereocenters. The van der Waals surface area contributed by atoms with Crippen molar-refractivity contribution >= 4 is 10.9 Å². The van der Waals surface area contributed by atoms with Crippen molar-refractivity contribution in [2.24, 2.45) is 0 Å². The van der Waals surface area contributed by atoms with Gasteiger partial charge >= 0.3 is 0 Å². The van der Waals surface area contributed by atoms with E-state index in [1.165, 1.54) is 0 Å². The Hall–Kier alpha value is -1.44. The van der Waals surface area contributed by atoms with Gasteiger partial charge in [0.05, 0.1) is 5.52 Å². The number of para-hydroxylation sites is 1. The third-order valence-corrected chi connectivity index (χ3v) is 2.58. The van der Waals surface area contributed by atoms with Crippen molar-refractivity contribution in [1.29, 1.82) is 0 Å². The van der Waals surface area contributed by atoms with E-state index in [1.807, 2.05) is 18.2 Å². The van der Waals surface area contributed by atoms with Crippen molar-refractivity contribution in [3.8, 4) is 0 Å². The fourth-order valence-corrected chi connectivity index (χ4v) is 1.69. The van der Waals surface area contributed by atoms with Gasteiger partial charge in [0, 0.05) is 17.1 Å². The summed E-state index contributed by atoms with van der Waals surface area (Å²) < 4.78 is 14.0. The lowest BCUT2D eigenvalue weighted by atomic mass is 10.1. The van der Waals surface area contributed by atoms with Crippen LogP contribution in [0.1, 0.15) is 25.3 Å². The topological polar surface area (TPSA) is 12.9 Å². The van der Waals surface area contributed by atoms with Gasteiger partial charge in [-0.05, 0) is 25.0 Å². The highest BCUT2D eigenvalue weighted by molar-refractivity contribution is 5.79. The molecule has 1 nitrogen and oxygen atoms in total. The molecule has 0 spiro atoms. The molecule has 0 radical (unpaired) electrons. The maximum Gasteiger partial charge on any atom is 0.137 e. The maximum atomic E-state index is 14.0. The number of pyridine rings is 1. The van der Waals surface area contributed by atoms with Crippen LogP contribution in [0.4, 0.5) is 4.39 Å². The quantitative estimate of drug-likeness (QED) is 0.741. The average Bonchev–Trinajstić information content (AvgIpc) is 2.29. The van der Waals surface area contributed by atoms with Gasteiger partial charge in [0.15, 0.2) is 0 Å². The zero-order valence-corrected chi connectivity index (χ0v) is 8.83. The summed E-state index contributed by atoms with van der Waals surface area (Å²) in [5, 5.41) is 0.631. The van der Waals surface area contributed by atoms with Crippen LogP contribution in [0, 0.1) is 5.82 Å². The fraction of sp³-hybridized carbons (Fsp3) is 0.308. The van der Waals surface area contributed by atoms with E-state index >= 15 is 0 Å². The van der Waals surface area contributed by atoms with Gasteiger partial charge in [-0.2, -0.15) is 0 Å². The minimum absolute atomic E-state index is 0.103. The number of halogens is 1.